The van der Waals surface area contributed by atoms with Crippen LogP contribution < -0.4 is 10.2 Å². The Morgan fingerprint density at radius 2 is 1.82 bits per heavy atom. The number of nitrogens with zero attached hydrogens (tertiary/aromatic N) is 2. The van der Waals surface area contributed by atoms with Crippen molar-refractivity contribution in [3.63, 3.8) is 0 Å². The molecule has 1 N–H and O–H groups in total. The summed E-state index contributed by atoms with van der Waals surface area (Å²) in [7, 11) is 0. The van der Waals surface area contributed by atoms with Crippen LogP contribution in [0, 0.1) is 5.92 Å². The Morgan fingerprint density at radius 1 is 1.14 bits per heavy atom. The van der Waals surface area contributed by atoms with Gasteiger partial charge in [-0.1, -0.05) is 25.5 Å². The molecule has 0 bridgehead atoms. The van der Waals surface area contributed by atoms with E-state index < -0.39 is 0 Å². The molecule has 3 rings (SSSR count). The zero-order valence-electron chi connectivity index (χ0n) is 16.9. The van der Waals surface area contributed by atoms with Gasteiger partial charge in [-0.3, -0.25) is 14.4 Å². The van der Waals surface area contributed by atoms with Gasteiger partial charge in [0.05, 0.1) is 5.92 Å². The minimum absolute atomic E-state index is 0.0211. The maximum Gasteiger partial charge on any atom is 0.228 e. The van der Waals surface area contributed by atoms with Crippen molar-refractivity contribution >= 4 is 23.4 Å². The lowest BCUT2D eigenvalue weighted by atomic mass is 10.0. The van der Waals surface area contributed by atoms with Gasteiger partial charge in [0.1, 0.15) is 0 Å². The van der Waals surface area contributed by atoms with Gasteiger partial charge in [0.15, 0.2) is 0 Å². The first-order valence-corrected chi connectivity index (χ1v) is 10.4. The van der Waals surface area contributed by atoms with Crippen molar-refractivity contribution in [2.24, 2.45) is 5.92 Å². The van der Waals surface area contributed by atoms with Crippen molar-refractivity contribution in [1.29, 1.82) is 0 Å². The molecule has 1 atom stereocenters. The van der Waals surface area contributed by atoms with E-state index in [1.165, 1.54) is 12.5 Å². The molecule has 2 saturated heterocycles. The molecular formula is C22H31N3O3. The van der Waals surface area contributed by atoms with Gasteiger partial charge in [0.25, 0.3) is 0 Å². The second-order valence-corrected chi connectivity index (χ2v) is 7.98. The zero-order valence-corrected chi connectivity index (χ0v) is 16.9. The summed E-state index contributed by atoms with van der Waals surface area (Å²) in [4.78, 5) is 40.2. The van der Waals surface area contributed by atoms with Gasteiger partial charge in [-0.2, -0.15) is 0 Å². The summed E-state index contributed by atoms with van der Waals surface area (Å²) < 4.78 is 0. The first-order chi connectivity index (χ1) is 13.5. The molecule has 6 heteroatoms. The number of aryl methyl sites for hydroxylation is 1. The van der Waals surface area contributed by atoms with Crippen LogP contribution in [-0.4, -0.2) is 48.3 Å². The van der Waals surface area contributed by atoms with Gasteiger partial charge >= 0.3 is 0 Å². The lowest BCUT2D eigenvalue weighted by molar-refractivity contribution is -0.137. The molecular weight excluding hydrogens is 354 g/mol. The minimum Gasteiger partial charge on any atom is -0.353 e. The number of unbranched alkanes of at least 4 members (excludes halogenated alkanes) is 1. The number of amides is 3. The number of anilines is 1. The molecule has 1 aromatic carbocycles. The molecule has 1 unspecified atom stereocenters. The summed E-state index contributed by atoms with van der Waals surface area (Å²) in [5.74, 6) is -0.211. The summed E-state index contributed by atoms with van der Waals surface area (Å²) in [6, 6.07) is 8.30. The van der Waals surface area contributed by atoms with Crippen LogP contribution in [0.5, 0.6) is 0 Å². The molecule has 3 amide bonds. The van der Waals surface area contributed by atoms with E-state index in [1.807, 2.05) is 17.0 Å². The van der Waals surface area contributed by atoms with Gasteiger partial charge in [-0.25, -0.2) is 0 Å². The second kappa shape index (κ2) is 9.22. The second-order valence-electron chi connectivity index (χ2n) is 7.98. The van der Waals surface area contributed by atoms with Gasteiger partial charge in [0.2, 0.25) is 17.7 Å². The third kappa shape index (κ3) is 4.91. The van der Waals surface area contributed by atoms with E-state index in [9.17, 15) is 14.4 Å². The topological polar surface area (TPSA) is 69.7 Å². The summed E-state index contributed by atoms with van der Waals surface area (Å²) >= 11 is 0. The van der Waals surface area contributed by atoms with Crippen LogP contribution in [0.1, 0.15) is 51.5 Å². The molecule has 28 heavy (non-hydrogen) atoms. The maximum atomic E-state index is 12.9. The van der Waals surface area contributed by atoms with Crippen molar-refractivity contribution in [2.45, 2.75) is 58.4 Å². The number of nitrogens with one attached hydrogen (secondary N) is 1. The van der Waals surface area contributed by atoms with Gasteiger partial charge in [-0.05, 0) is 43.4 Å². The molecule has 0 aromatic heterocycles. The quantitative estimate of drug-likeness (QED) is 0.818. The van der Waals surface area contributed by atoms with Crippen LogP contribution in [0.4, 0.5) is 5.69 Å². The number of rotatable bonds is 6. The summed E-state index contributed by atoms with van der Waals surface area (Å²) in [6.07, 6.45) is 5.21. The lowest BCUT2D eigenvalue weighted by Gasteiger charge is -2.33. The number of benzene rings is 1. The van der Waals surface area contributed by atoms with E-state index in [2.05, 4.69) is 24.4 Å². The maximum absolute atomic E-state index is 12.9. The van der Waals surface area contributed by atoms with Gasteiger partial charge in [-0.15, -0.1) is 0 Å². The van der Waals surface area contributed by atoms with Crippen LogP contribution in [0.2, 0.25) is 0 Å². The fourth-order valence-electron chi connectivity index (χ4n) is 4.14. The van der Waals surface area contributed by atoms with Gasteiger partial charge < -0.3 is 15.1 Å². The molecule has 6 nitrogen and oxygen atoms in total. The number of piperidine rings is 1. The fourth-order valence-corrected chi connectivity index (χ4v) is 4.14. The van der Waals surface area contributed by atoms with Crippen LogP contribution in [0.25, 0.3) is 0 Å². The highest BCUT2D eigenvalue weighted by atomic mass is 16.2. The molecule has 2 fully saturated rings. The smallest absolute Gasteiger partial charge is 0.228 e. The van der Waals surface area contributed by atoms with E-state index in [4.69, 9.17) is 0 Å². The zero-order chi connectivity index (χ0) is 20.1. The Balaban J connectivity index is 1.55. The van der Waals surface area contributed by atoms with Crippen molar-refractivity contribution in [3.05, 3.63) is 29.8 Å². The lowest BCUT2D eigenvalue weighted by Crippen LogP contribution is -2.48. The fraction of sp³-hybridized carbons (Fsp3) is 0.591. The van der Waals surface area contributed by atoms with Crippen LogP contribution >= 0.6 is 0 Å². The number of hydrogen-bond donors (Lipinski definition) is 1. The van der Waals surface area contributed by atoms with Crippen LogP contribution in [0.3, 0.4) is 0 Å². The highest BCUT2D eigenvalue weighted by Crippen LogP contribution is 2.27. The molecule has 0 aliphatic carbocycles. The first-order valence-electron chi connectivity index (χ1n) is 10.4. The van der Waals surface area contributed by atoms with Crippen LogP contribution in [0.15, 0.2) is 24.3 Å². The molecule has 2 aliphatic rings. The molecule has 152 valence electrons. The number of carbonyl (C=O) groups is 3. The summed E-state index contributed by atoms with van der Waals surface area (Å²) in [5.41, 5.74) is 2.16. The molecule has 0 spiro atoms. The third-order valence-corrected chi connectivity index (χ3v) is 5.76. The Hall–Kier alpha value is -2.37. The van der Waals surface area contributed by atoms with Crippen LogP contribution in [-0.2, 0) is 20.8 Å². The molecule has 0 radical (unpaired) electrons. The van der Waals surface area contributed by atoms with Crippen molar-refractivity contribution in [2.75, 3.05) is 24.5 Å². The molecule has 1 aromatic rings. The van der Waals surface area contributed by atoms with E-state index >= 15 is 0 Å². The predicted octanol–water partition coefficient (Wildman–Crippen LogP) is 2.51. The van der Waals surface area contributed by atoms with E-state index in [-0.39, 0.29) is 36.1 Å². The molecule has 2 heterocycles. The Bertz CT molecular complexity index is 708. The molecule has 0 saturated carbocycles. The number of likely N-dealkylation sites (tertiary alicyclic amines) is 1. The minimum atomic E-state index is -0.274. The highest BCUT2D eigenvalue weighted by molar-refractivity contribution is 6.00. The SMILES string of the molecule is CCCCc1ccc(N2CC(C(=O)N3CCC(NC(C)=O)CC3)CC2=O)cc1. The normalized spacial score (nSPS) is 20.5. The number of carbonyl (C=O) groups excluding carboxylic acids is 3. The molecule has 2 aliphatic heterocycles. The van der Waals surface area contributed by atoms with E-state index in [0.29, 0.717) is 19.6 Å². The van der Waals surface area contributed by atoms with E-state index in [0.717, 1.165) is 37.8 Å². The first kappa shape index (κ1) is 20.4. The van der Waals surface area contributed by atoms with Crippen molar-refractivity contribution < 1.29 is 14.4 Å². The van der Waals surface area contributed by atoms with E-state index in [1.54, 1.807) is 4.90 Å². The Morgan fingerprint density at radius 3 is 2.43 bits per heavy atom. The monoisotopic (exact) mass is 385 g/mol. The van der Waals surface area contributed by atoms with Crippen molar-refractivity contribution in [3.8, 4) is 0 Å². The average Bonchev–Trinajstić information content (AvgIpc) is 3.08. The van der Waals surface area contributed by atoms with Gasteiger partial charge in [0, 0.05) is 44.7 Å². The Kier molecular flexibility index (Phi) is 6.70. The third-order valence-electron chi connectivity index (χ3n) is 5.76. The largest absolute Gasteiger partial charge is 0.353 e. The predicted molar refractivity (Wildman–Crippen MR) is 109 cm³/mol. The highest BCUT2D eigenvalue weighted by Gasteiger charge is 2.38. The number of hydrogen-bond acceptors (Lipinski definition) is 3. The Labute approximate surface area is 167 Å². The summed E-state index contributed by atoms with van der Waals surface area (Å²) in [6.45, 7) is 5.43. The standard InChI is InChI=1S/C22H31N3O3/c1-3-4-5-17-6-8-20(9-7-17)25-15-18(14-21(25)27)22(28)24-12-10-19(11-13-24)23-16(2)26/h6-9,18-19H,3-5,10-15H2,1-2H3,(H,23,26). The average molecular weight is 386 g/mol. The van der Waals surface area contributed by atoms with Crippen molar-refractivity contribution in [1.82, 2.24) is 10.2 Å². The summed E-state index contributed by atoms with van der Waals surface area (Å²) in [5, 5.41) is 2.92.